The summed E-state index contributed by atoms with van der Waals surface area (Å²) in [7, 11) is 3.81. The normalized spacial score (nSPS) is 9.17. The molecule has 1 aromatic rings. The van der Waals surface area contributed by atoms with Crippen LogP contribution in [0.4, 0.5) is 5.82 Å². The van der Waals surface area contributed by atoms with Crippen LogP contribution in [0.2, 0.25) is 0 Å². The Bertz CT molecular complexity index is 328. The second kappa shape index (κ2) is 3.55. The number of hydrogen-bond donors (Lipinski definition) is 0. The molecule has 0 fully saturated rings. The van der Waals surface area contributed by atoms with Crippen molar-refractivity contribution < 1.29 is 0 Å². The van der Waals surface area contributed by atoms with Crippen molar-refractivity contribution in [1.82, 2.24) is 4.98 Å². The van der Waals surface area contributed by atoms with Gasteiger partial charge in [-0.25, -0.2) is 4.98 Å². The van der Waals surface area contributed by atoms with Gasteiger partial charge >= 0.3 is 0 Å². The third-order valence-corrected chi connectivity index (χ3v) is 2.02. The van der Waals surface area contributed by atoms with Crippen molar-refractivity contribution in [3.05, 3.63) is 22.3 Å². The number of aromatic nitrogens is 1. The Morgan fingerprint density at radius 2 is 2.17 bits per heavy atom. The van der Waals surface area contributed by atoms with E-state index in [9.17, 15) is 0 Å². The fraction of sp³-hybridized carbons (Fsp3) is 0.250. The topological polar surface area (TPSA) is 39.9 Å². The van der Waals surface area contributed by atoms with E-state index in [-0.39, 0.29) is 0 Å². The quantitative estimate of drug-likeness (QED) is 0.685. The SMILES string of the molecule is CN(C)c1ccc(C#N)c(Br)n1. The summed E-state index contributed by atoms with van der Waals surface area (Å²) in [6.45, 7) is 0. The molecule has 0 spiro atoms. The first-order valence-electron chi connectivity index (χ1n) is 3.39. The smallest absolute Gasteiger partial charge is 0.129 e. The van der Waals surface area contributed by atoms with Crippen molar-refractivity contribution in [2.45, 2.75) is 0 Å². The molecular weight excluding hydrogens is 218 g/mol. The van der Waals surface area contributed by atoms with Crippen molar-refractivity contribution in [3.63, 3.8) is 0 Å². The molecule has 4 heteroatoms. The second-order valence-electron chi connectivity index (χ2n) is 2.51. The lowest BCUT2D eigenvalue weighted by Crippen LogP contribution is -2.10. The van der Waals surface area contributed by atoms with Gasteiger partial charge in [0.25, 0.3) is 0 Å². The maximum absolute atomic E-state index is 8.61. The lowest BCUT2D eigenvalue weighted by molar-refractivity contribution is 1.05. The van der Waals surface area contributed by atoms with Crippen molar-refractivity contribution in [3.8, 4) is 6.07 Å². The Kier molecular flexibility index (Phi) is 2.66. The van der Waals surface area contributed by atoms with Crippen LogP contribution in [0.1, 0.15) is 5.56 Å². The number of nitrogens with zero attached hydrogens (tertiary/aromatic N) is 3. The molecule has 0 saturated carbocycles. The average molecular weight is 226 g/mol. The molecule has 0 amide bonds. The van der Waals surface area contributed by atoms with Crippen LogP contribution >= 0.6 is 15.9 Å². The highest BCUT2D eigenvalue weighted by atomic mass is 79.9. The lowest BCUT2D eigenvalue weighted by Gasteiger charge is -2.10. The van der Waals surface area contributed by atoms with Crippen molar-refractivity contribution in [1.29, 1.82) is 5.26 Å². The Hall–Kier alpha value is -1.08. The van der Waals surface area contributed by atoms with Gasteiger partial charge in [0.1, 0.15) is 16.5 Å². The molecule has 0 aliphatic rings. The summed E-state index contributed by atoms with van der Waals surface area (Å²) in [5, 5.41) is 8.61. The van der Waals surface area contributed by atoms with Crippen molar-refractivity contribution in [2.75, 3.05) is 19.0 Å². The van der Waals surface area contributed by atoms with Gasteiger partial charge in [-0.05, 0) is 28.1 Å². The molecule has 62 valence electrons. The van der Waals surface area contributed by atoms with Gasteiger partial charge in [-0.1, -0.05) is 0 Å². The summed E-state index contributed by atoms with van der Waals surface area (Å²) in [5.41, 5.74) is 0.556. The van der Waals surface area contributed by atoms with Crippen LogP contribution in [0.25, 0.3) is 0 Å². The molecule has 3 nitrogen and oxygen atoms in total. The number of pyridine rings is 1. The van der Waals surface area contributed by atoms with Gasteiger partial charge in [0, 0.05) is 14.1 Å². The number of hydrogen-bond acceptors (Lipinski definition) is 3. The minimum absolute atomic E-state index is 0.556. The molecule has 0 unspecified atom stereocenters. The van der Waals surface area contributed by atoms with E-state index in [0.29, 0.717) is 10.2 Å². The summed E-state index contributed by atoms with van der Waals surface area (Å²) in [6, 6.07) is 5.58. The zero-order valence-electron chi connectivity index (χ0n) is 6.87. The number of nitriles is 1. The summed E-state index contributed by atoms with van der Waals surface area (Å²) < 4.78 is 0.594. The summed E-state index contributed by atoms with van der Waals surface area (Å²) in [6.07, 6.45) is 0. The zero-order valence-corrected chi connectivity index (χ0v) is 8.46. The largest absolute Gasteiger partial charge is 0.363 e. The minimum Gasteiger partial charge on any atom is -0.363 e. The maximum atomic E-state index is 8.61. The van der Waals surface area contributed by atoms with Crippen LogP contribution in [0.5, 0.6) is 0 Å². The molecule has 0 aromatic carbocycles. The van der Waals surface area contributed by atoms with Crippen LogP contribution in [0.15, 0.2) is 16.7 Å². The van der Waals surface area contributed by atoms with E-state index < -0.39 is 0 Å². The van der Waals surface area contributed by atoms with E-state index in [1.807, 2.05) is 31.1 Å². The predicted molar refractivity (Wildman–Crippen MR) is 51.0 cm³/mol. The maximum Gasteiger partial charge on any atom is 0.129 e. The van der Waals surface area contributed by atoms with Crippen LogP contribution < -0.4 is 4.90 Å². The van der Waals surface area contributed by atoms with Crippen LogP contribution in [0, 0.1) is 11.3 Å². The van der Waals surface area contributed by atoms with Gasteiger partial charge in [0.2, 0.25) is 0 Å². The van der Waals surface area contributed by atoms with E-state index >= 15 is 0 Å². The Labute approximate surface area is 79.8 Å². The Morgan fingerprint density at radius 1 is 1.50 bits per heavy atom. The van der Waals surface area contributed by atoms with Gasteiger partial charge in [0.15, 0.2) is 0 Å². The standard InChI is InChI=1S/C8H8BrN3/c1-12(2)7-4-3-6(5-10)8(9)11-7/h3-4H,1-2H3. The van der Waals surface area contributed by atoms with Crippen LogP contribution in [0.3, 0.4) is 0 Å². The van der Waals surface area contributed by atoms with Crippen LogP contribution in [-0.4, -0.2) is 19.1 Å². The van der Waals surface area contributed by atoms with E-state index in [1.54, 1.807) is 6.07 Å². The third kappa shape index (κ3) is 1.74. The van der Waals surface area contributed by atoms with Gasteiger partial charge in [-0.15, -0.1) is 0 Å². The first kappa shape index (κ1) is 9.01. The Balaban J connectivity index is 3.12. The molecule has 0 bridgehead atoms. The highest BCUT2D eigenvalue weighted by Crippen LogP contribution is 2.17. The monoisotopic (exact) mass is 225 g/mol. The Morgan fingerprint density at radius 3 is 2.58 bits per heavy atom. The summed E-state index contributed by atoms with van der Waals surface area (Å²) in [5.74, 6) is 0.834. The van der Waals surface area contributed by atoms with Crippen molar-refractivity contribution in [2.24, 2.45) is 0 Å². The molecule has 0 aliphatic heterocycles. The van der Waals surface area contributed by atoms with E-state index in [1.165, 1.54) is 0 Å². The minimum atomic E-state index is 0.556. The highest BCUT2D eigenvalue weighted by molar-refractivity contribution is 9.10. The predicted octanol–water partition coefficient (Wildman–Crippen LogP) is 1.78. The molecule has 1 heterocycles. The van der Waals surface area contributed by atoms with Gasteiger partial charge < -0.3 is 4.90 Å². The fourth-order valence-electron chi connectivity index (χ4n) is 0.757. The number of halogens is 1. The lowest BCUT2D eigenvalue weighted by atomic mass is 10.3. The molecule has 0 atom stereocenters. The van der Waals surface area contributed by atoms with E-state index in [0.717, 1.165) is 5.82 Å². The molecule has 0 radical (unpaired) electrons. The van der Waals surface area contributed by atoms with Crippen LogP contribution in [-0.2, 0) is 0 Å². The van der Waals surface area contributed by atoms with E-state index in [4.69, 9.17) is 5.26 Å². The molecule has 0 aliphatic carbocycles. The first-order valence-corrected chi connectivity index (χ1v) is 4.18. The molecule has 1 rings (SSSR count). The second-order valence-corrected chi connectivity index (χ2v) is 3.27. The van der Waals surface area contributed by atoms with E-state index in [2.05, 4.69) is 20.9 Å². The van der Waals surface area contributed by atoms with Gasteiger partial charge in [0.05, 0.1) is 5.56 Å². The fourth-order valence-corrected chi connectivity index (χ4v) is 1.16. The summed E-state index contributed by atoms with van der Waals surface area (Å²) >= 11 is 3.22. The van der Waals surface area contributed by atoms with Crippen molar-refractivity contribution >= 4 is 21.7 Å². The average Bonchev–Trinajstić information content (AvgIpc) is 2.04. The highest BCUT2D eigenvalue weighted by Gasteiger charge is 2.02. The molecule has 12 heavy (non-hydrogen) atoms. The number of anilines is 1. The molecular formula is C8H8BrN3. The molecule has 0 N–H and O–H groups in total. The zero-order chi connectivity index (χ0) is 9.14. The molecule has 1 aromatic heterocycles. The third-order valence-electron chi connectivity index (χ3n) is 1.41. The van der Waals surface area contributed by atoms with Gasteiger partial charge in [-0.2, -0.15) is 5.26 Å². The summed E-state index contributed by atoms with van der Waals surface area (Å²) in [4.78, 5) is 6.04. The van der Waals surface area contributed by atoms with Gasteiger partial charge in [-0.3, -0.25) is 0 Å². The number of rotatable bonds is 1. The molecule has 0 saturated heterocycles. The first-order chi connectivity index (χ1) is 5.65.